The van der Waals surface area contributed by atoms with Crippen molar-refractivity contribution in [3.05, 3.63) is 46.7 Å². The second-order valence-electron chi connectivity index (χ2n) is 6.19. The Bertz CT molecular complexity index is 894. The maximum atomic E-state index is 13.1. The van der Waals surface area contributed by atoms with Crippen LogP contribution in [0.3, 0.4) is 0 Å². The number of carbonyl (C=O) groups is 2. The molecule has 1 N–H and O–H groups in total. The minimum Gasteiger partial charge on any atom is -0.490 e. The first kappa shape index (κ1) is 23.5. The zero-order valence-corrected chi connectivity index (χ0v) is 18.6. The topological polar surface area (TPSA) is 77.1 Å². The summed E-state index contributed by atoms with van der Waals surface area (Å²) in [4.78, 5) is 25.8. The van der Waals surface area contributed by atoms with Gasteiger partial charge in [0.1, 0.15) is 11.6 Å². The van der Waals surface area contributed by atoms with Gasteiger partial charge in [0.15, 0.2) is 18.1 Å². The lowest BCUT2D eigenvalue weighted by atomic mass is 10.2. The van der Waals surface area contributed by atoms with Crippen LogP contribution in [0.15, 0.2) is 40.9 Å². The van der Waals surface area contributed by atoms with E-state index in [1.807, 2.05) is 13.8 Å². The average molecular weight is 483 g/mol. The first-order valence-electron chi connectivity index (χ1n) is 9.35. The van der Waals surface area contributed by atoms with E-state index in [-0.39, 0.29) is 19.1 Å². The number of ether oxygens (including phenoxy) is 3. The standard InChI is InChI=1S/C21H24BrFN2O5/c1-4-28-18-9-7-15(11-19(18)29-5-2)24-20(26)12-25(3)21(27)13-30-17-8-6-14(23)10-16(17)22/h6-11H,4-5,12-13H2,1-3H3,(H,24,26). The van der Waals surface area contributed by atoms with Gasteiger partial charge in [0.25, 0.3) is 5.91 Å². The highest BCUT2D eigenvalue weighted by atomic mass is 79.9. The number of amides is 2. The Labute approximate surface area is 183 Å². The first-order chi connectivity index (χ1) is 14.3. The number of anilines is 1. The Morgan fingerprint density at radius 3 is 2.33 bits per heavy atom. The molecule has 0 heterocycles. The third kappa shape index (κ3) is 6.91. The molecule has 162 valence electrons. The minimum atomic E-state index is -0.420. The van der Waals surface area contributed by atoms with E-state index in [1.165, 1.54) is 30.1 Å². The van der Waals surface area contributed by atoms with E-state index in [9.17, 15) is 14.0 Å². The fourth-order valence-electron chi connectivity index (χ4n) is 2.47. The second kappa shape index (κ2) is 11.4. The van der Waals surface area contributed by atoms with Gasteiger partial charge in [-0.05, 0) is 60.1 Å². The van der Waals surface area contributed by atoms with Crippen molar-refractivity contribution in [2.24, 2.45) is 0 Å². The smallest absolute Gasteiger partial charge is 0.260 e. The lowest BCUT2D eigenvalue weighted by molar-refractivity contribution is -0.135. The lowest BCUT2D eigenvalue weighted by Gasteiger charge is -2.18. The Balaban J connectivity index is 1.90. The number of nitrogens with one attached hydrogen (secondary N) is 1. The number of likely N-dealkylation sites (N-methyl/N-ethyl adjacent to an activating group) is 1. The normalized spacial score (nSPS) is 10.3. The molecule has 0 bridgehead atoms. The highest BCUT2D eigenvalue weighted by molar-refractivity contribution is 9.10. The zero-order valence-electron chi connectivity index (χ0n) is 17.0. The number of benzene rings is 2. The fourth-order valence-corrected chi connectivity index (χ4v) is 2.94. The molecule has 7 nitrogen and oxygen atoms in total. The van der Waals surface area contributed by atoms with Gasteiger partial charge in [-0.1, -0.05) is 0 Å². The quantitative estimate of drug-likeness (QED) is 0.556. The largest absolute Gasteiger partial charge is 0.490 e. The molecule has 0 saturated heterocycles. The van der Waals surface area contributed by atoms with E-state index in [2.05, 4.69) is 21.2 Å². The van der Waals surface area contributed by atoms with Crippen molar-refractivity contribution >= 4 is 33.4 Å². The Morgan fingerprint density at radius 2 is 1.67 bits per heavy atom. The molecule has 0 aliphatic carbocycles. The van der Waals surface area contributed by atoms with Crippen LogP contribution in [0.5, 0.6) is 17.2 Å². The van der Waals surface area contributed by atoms with Crippen LogP contribution in [0.1, 0.15) is 13.8 Å². The van der Waals surface area contributed by atoms with Crippen LogP contribution in [0.2, 0.25) is 0 Å². The third-order valence-corrected chi connectivity index (χ3v) is 4.50. The lowest BCUT2D eigenvalue weighted by Crippen LogP contribution is -2.37. The van der Waals surface area contributed by atoms with Gasteiger partial charge in [-0.3, -0.25) is 9.59 Å². The van der Waals surface area contributed by atoms with Crippen LogP contribution in [0.25, 0.3) is 0 Å². The Hall–Kier alpha value is -2.81. The molecular weight excluding hydrogens is 459 g/mol. The molecule has 0 aromatic heterocycles. The summed E-state index contributed by atoms with van der Waals surface area (Å²) in [5, 5.41) is 2.73. The molecule has 0 spiro atoms. The molecule has 0 saturated carbocycles. The van der Waals surface area contributed by atoms with E-state index in [1.54, 1.807) is 18.2 Å². The first-order valence-corrected chi connectivity index (χ1v) is 10.1. The van der Waals surface area contributed by atoms with Crippen molar-refractivity contribution in [1.82, 2.24) is 4.90 Å². The molecule has 0 aliphatic heterocycles. The van der Waals surface area contributed by atoms with Crippen molar-refractivity contribution in [2.45, 2.75) is 13.8 Å². The number of carbonyl (C=O) groups excluding carboxylic acids is 2. The van der Waals surface area contributed by atoms with Gasteiger partial charge in [0.2, 0.25) is 5.91 Å². The molecular formula is C21H24BrFN2O5. The van der Waals surface area contributed by atoms with Crippen molar-refractivity contribution < 1.29 is 28.2 Å². The Kier molecular flexibility index (Phi) is 8.91. The number of halogens is 2. The molecule has 2 aromatic rings. The summed E-state index contributed by atoms with van der Waals surface area (Å²) >= 11 is 3.17. The monoisotopic (exact) mass is 482 g/mol. The molecule has 2 aromatic carbocycles. The highest BCUT2D eigenvalue weighted by Crippen LogP contribution is 2.30. The summed E-state index contributed by atoms with van der Waals surface area (Å²) < 4.78 is 29.9. The summed E-state index contributed by atoms with van der Waals surface area (Å²) in [6.07, 6.45) is 0. The molecule has 0 unspecified atom stereocenters. The van der Waals surface area contributed by atoms with Gasteiger partial charge in [-0.15, -0.1) is 0 Å². The van der Waals surface area contributed by atoms with Gasteiger partial charge in [0, 0.05) is 18.8 Å². The molecule has 2 rings (SSSR count). The van der Waals surface area contributed by atoms with E-state index < -0.39 is 11.7 Å². The van der Waals surface area contributed by atoms with E-state index >= 15 is 0 Å². The van der Waals surface area contributed by atoms with Gasteiger partial charge < -0.3 is 24.4 Å². The SMILES string of the molecule is CCOc1ccc(NC(=O)CN(C)C(=O)COc2ccc(F)cc2Br)cc1OCC. The molecule has 0 aliphatic rings. The van der Waals surface area contributed by atoms with Gasteiger partial charge >= 0.3 is 0 Å². The summed E-state index contributed by atoms with van der Waals surface area (Å²) in [5.41, 5.74) is 0.527. The van der Waals surface area contributed by atoms with Crippen LogP contribution >= 0.6 is 15.9 Å². The third-order valence-electron chi connectivity index (χ3n) is 3.88. The molecule has 0 fully saturated rings. The summed E-state index contributed by atoms with van der Waals surface area (Å²) in [5.74, 6) is 0.258. The molecule has 0 atom stereocenters. The van der Waals surface area contributed by atoms with Crippen LogP contribution in [-0.2, 0) is 9.59 Å². The Morgan fingerprint density at radius 1 is 1.00 bits per heavy atom. The fraction of sp³-hybridized carbons (Fsp3) is 0.333. The van der Waals surface area contributed by atoms with Gasteiger partial charge in [-0.2, -0.15) is 0 Å². The van der Waals surface area contributed by atoms with E-state index in [0.717, 1.165) is 0 Å². The van der Waals surface area contributed by atoms with Gasteiger partial charge in [0.05, 0.1) is 24.2 Å². The van der Waals surface area contributed by atoms with E-state index in [0.29, 0.717) is 40.6 Å². The number of hydrogen-bond acceptors (Lipinski definition) is 5. The minimum absolute atomic E-state index is 0.163. The van der Waals surface area contributed by atoms with Crippen LogP contribution < -0.4 is 19.5 Å². The van der Waals surface area contributed by atoms with Crippen LogP contribution in [-0.4, -0.2) is 50.1 Å². The van der Waals surface area contributed by atoms with Gasteiger partial charge in [-0.25, -0.2) is 4.39 Å². The highest BCUT2D eigenvalue weighted by Gasteiger charge is 2.15. The van der Waals surface area contributed by atoms with Crippen LogP contribution in [0, 0.1) is 5.82 Å². The maximum Gasteiger partial charge on any atom is 0.260 e. The van der Waals surface area contributed by atoms with Crippen molar-refractivity contribution in [3.63, 3.8) is 0 Å². The number of nitrogens with zero attached hydrogens (tertiary/aromatic N) is 1. The zero-order chi connectivity index (χ0) is 22.1. The van der Waals surface area contributed by atoms with Crippen molar-refractivity contribution in [3.8, 4) is 17.2 Å². The van der Waals surface area contributed by atoms with Crippen LogP contribution in [0.4, 0.5) is 10.1 Å². The second-order valence-corrected chi connectivity index (χ2v) is 7.04. The predicted molar refractivity (Wildman–Crippen MR) is 115 cm³/mol. The van der Waals surface area contributed by atoms with E-state index in [4.69, 9.17) is 14.2 Å². The maximum absolute atomic E-state index is 13.1. The summed E-state index contributed by atoms with van der Waals surface area (Å²) in [6, 6.07) is 8.97. The molecule has 0 radical (unpaired) electrons. The van der Waals surface area contributed by atoms with Crippen molar-refractivity contribution in [2.75, 3.05) is 38.7 Å². The average Bonchev–Trinajstić information content (AvgIpc) is 2.69. The summed E-state index contributed by atoms with van der Waals surface area (Å²) in [7, 11) is 1.49. The van der Waals surface area contributed by atoms with Crippen molar-refractivity contribution in [1.29, 1.82) is 0 Å². The predicted octanol–water partition coefficient (Wildman–Crippen LogP) is 3.86. The number of hydrogen-bond donors (Lipinski definition) is 1. The molecule has 9 heteroatoms. The molecule has 2 amide bonds. The molecule has 30 heavy (non-hydrogen) atoms. The summed E-state index contributed by atoms with van der Waals surface area (Å²) in [6.45, 7) is 4.23. The number of rotatable bonds is 10.